The van der Waals surface area contributed by atoms with E-state index in [4.69, 9.17) is 10.2 Å². The van der Waals surface area contributed by atoms with Crippen molar-refractivity contribution >= 4 is 11.9 Å². The Morgan fingerprint density at radius 1 is 0.893 bits per heavy atom. The molecule has 0 amide bonds. The molecule has 2 unspecified atom stereocenters. The lowest BCUT2D eigenvalue weighted by Gasteiger charge is -2.23. The Balaban J connectivity index is 2.15. The quantitative estimate of drug-likeness (QED) is 0.538. The number of allylic oxidation sites excluding steroid dienone is 6. The summed E-state index contributed by atoms with van der Waals surface area (Å²) in [5, 5.41) is 44.6. The van der Waals surface area contributed by atoms with Crippen LogP contribution in [0.1, 0.15) is 12.8 Å². The lowest BCUT2D eigenvalue weighted by Crippen LogP contribution is -2.26. The van der Waals surface area contributed by atoms with Crippen LogP contribution in [0.2, 0.25) is 0 Å². The van der Waals surface area contributed by atoms with E-state index in [1.165, 1.54) is 24.3 Å². The number of aliphatic carboxylic acids is 2. The smallest absolute Gasteiger partial charge is 0.328 e. The molecule has 8 nitrogen and oxygen atoms in total. The average Bonchev–Trinajstić information content (AvgIpc) is 2.71. The molecule has 28 heavy (non-hydrogen) atoms. The zero-order chi connectivity index (χ0) is 20.6. The van der Waals surface area contributed by atoms with Gasteiger partial charge < -0.3 is 10.2 Å². The lowest BCUT2D eigenvalue weighted by molar-refractivity contribution is -0.132. The summed E-state index contributed by atoms with van der Waals surface area (Å²) in [6.07, 6.45) is 14.7. The van der Waals surface area contributed by atoms with Crippen molar-refractivity contribution in [2.45, 2.75) is 23.9 Å². The predicted molar refractivity (Wildman–Crippen MR) is 98.8 cm³/mol. The zero-order valence-corrected chi connectivity index (χ0v) is 14.7. The Bertz CT molecular complexity index is 891. The van der Waals surface area contributed by atoms with Crippen molar-refractivity contribution in [3.8, 4) is 12.1 Å². The van der Waals surface area contributed by atoms with Gasteiger partial charge in [-0.2, -0.15) is 20.8 Å². The number of nitrogens with zero attached hydrogens (tertiary/aromatic N) is 4. The van der Waals surface area contributed by atoms with Gasteiger partial charge in [-0.15, -0.1) is 0 Å². The first kappa shape index (κ1) is 20.3. The van der Waals surface area contributed by atoms with E-state index >= 15 is 0 Å². The Morgan fingerprint density at radius 3 is 1.54 bits per heavy atom. The van der Waals surface area contributed by atoms with Crippen molar-refractivity contribution in [2.75, 3.05) is 0 Å². The molecule has 0 heterocycles. The second-order valence-electron chi connectivity index (χ2n) is 6.10. The van der Waals surface area contributed by atoms with Crippen molar-refractivity contribution in [3.05, 3.63) is 71.9 Å². The highest BCUT2D eigenvalue weighted by atomic mass is 16.4. The molecule has 0 spiro atoms. The van der Waals surface area contributed by atoms with E-state index < -0.39 is 23.0 Å². The van der Waals surface area contributed by atoms with Gasteiger partial charge in [0.15, 0.2) is 11.1 Å². The molecule has 2 atom stereocenters. The molecule has 0 fully saturated rings. The molecule has 2 N–H and O–H groups in total. The molecule has 2 aliphatic rings. The molecular weight excluding hydrogens is 360 g/mol. The molecule has 140 valence electrons. The van der Waals surface area contributed by atoms with Gasteiger partial charge in [0.2, 0.25) is 0 Å². The van der Waals surface area contributed by atoms with Gasteiger partial charge in [0.05, 0.1) is 12.1 Å². The van der Waals surface area contributed by atoms with Crippen LogP contribution < -0.4 is 0 Å². The van der Waals surface area contributed by atoms with Crippen LogP contribution in [0.5, 0.6) is 0 Å². The fourth-order valence-electron chi connectivity index (χ4n) is 2.41. The molecular formula is C20H16N4O4. The highest BCUT2D eigenvalue weighted by Gasteiger charge is 2.32. The van der Waals surface area contributed by atoms with E-state index in [0.29, 0.717) is 11.1 Å². The minimum atomic E-state index is -1.27. The van der Waals surface area contributed by atoms with Gasteiger partial charge in [0, 0.05) is 25.0 Å². The highest BCUT2D eigenvalue weighted by molar-refractivity contribution is 5.81. The number of rotatable bonds is 6. The summed E-state index contributed by atoms with van der Waals surface area (Å²) in [6.45, 7) is 0. The molecule has 0 aliphatic heterocycles. The molecule has 2 rings (SSSR count). The van der Waals surface area contributed by atoms with Gasteiger partial charge >= 0.3 is 11.9 Å². The Kier molecular flexibility index (Phi) is 6.20. The number of nitriles is 2. The number of hydrogen-bond acceptors (Lipinski definition) is 6. The van der Waals surface area contributed by atoms with Crippen LogP contribution in [0.3, 0.4) is 0 Å². The second-order valence-corrected chi connectivity index (χ2v) is 6.10. The Morgan fingerprint density at radius 2 is 1.29 bits per heavy atom. The summed E-state index contributed by atoms with van der Waals surface area (Å²) >= 11 is 0. The normalized spacial score (nSPS) is 26.8. The van der Waals surface area contributed by atoms with E-state index in [-0.39, 0.29) is 12.8 Å². The summed E-state index contributed by atoms with van der Waals surface area (Å²) in [6, 6.07) is 4.14. The monoisotopic (exact) mass is 376 g/mol. The maximum Gasteiger partial charge on any atom is 0.328 e. The SMILES string of the molecule is N#CC1(N=NC2(C#N)C=CC(C=CC(=O)O)=CC2)C=CC(C=CC(=O)O)=CC1. The fraction of sp³-hybridized carbons (Fsp3) is 0.200. The number of carbonyl (C=O) groups is 2. The molecule has 0 aromatic carbocycles. The first-order valence-electron chi connectivity index (χ1n) is 8.19. The van der Waals surface area contributed by atoms with Gasteiger partial charge in [-0.25, -0.2) is 9.59 Å². The first-order valence-corrected chi connectivity index (χ1v) is 8.19. The topological polar surface area (TPSA) is 147 Å². The second kappa shape index (κ2) is 8.56. The number of azo groups is 1. The Labute approximate surface area is 161 Å². The molecule has 0 saturated heterocycles. The third kappa shape index (κ3) is 5.23. The van der Waals surface area contributed by atoms with Crippen LogP contribution in [0, 0.1) is 22.7 Å². The van der Waals surface area contributed by atoms with Gasteiger partial charge in [-0.05, 0) is 35.5 Å². The number of hydrogen-bond donors (Lipinski definition) is 2. The first-order chi connectivity index (χ1) is 13.3. The minimum Gasteiger partial charge on any atom is -0.478 e. The molecule has 8 heteroatoms. The average molecular weight is 376 g/mol. The molecule has 0 saturated carbocycles. The molecule has 0 aromatic heterocycles. The molecule has 0 aromatic rings. The Hall–Kier alpha value is -4.04. The lowest BCUT2D eigenvalue weighted by atomic mass is 9.89. The third-order valence-corrected chi connectivity index (χ3v) is 4.03. The van der Waals surface area contributed by atoms with Gasteiger partial charge in [0.1, 0.15) is 0 Å². The third-order valence-electron chi connectivity index (χ3n) is 4.03. The summed E-state index contributed by atoms with van der Waals surface area (Å²) in [5.74, 6) is -2.14. The van der Waals surface area contributed by atoms with Gasteiger partial charge in [-0.3, -0.25) is 0 Å². The van der Waals surface area contributed by atoms with Crippen molar-refractivity contribution in [1.29, 1.82) is 10.5 Å². The fourth-order valence-corrected chi connectivity index (χ4v) is 2.41. The van der Waals surface area contributed by atoms with E-state index in [9.17, 15) is 20.1 Å². The van der Waals surface area contributed by atoms with Crippen LogP contribution in [0.15, 0.2) is 82.1 Å². The van der Waals surface area contributed by atoms with E-state index in [0.717, 1.165) is 12.2 Å². The van der Waals surface area contributed by atoms with E-state index in [2.05, 4.69) is 22.4 Å². The zero-order valence-electron chi connectivity index (χ0n) is 14.7. The van der Waals surface area contributed by atoms with Crippen LogP contribution in [-0.2, 0) is 9.59 Å². The highest BCUT2D eigenvalue weighted by Crippen LogP contribution is 2.30. The largest absolute Gasteiger partial charge is 0.478 e. The molecule has 2 aliphatic carbocycles. The standard InChI is InChI=1S/C20H16N4O4/c21-13-19(9-5-15(6-10-19)1-3-17(25)26)23-24-20(14-22)11-7-16(8-12-20)2-4-18(27)28/h1-9,11H,10,12H2,(H,25,26)(H,27,28). The predicted octanol–water partition coefficient (Wildman–Crippen LogP) is 3.02. The minimum absolute atomic E-state index is 0.191. The van der Waals surface area contributed by atoms with Gasteiger partial charge in [0.25, 0.3) is 0 Å². The van der Waals surface area contributed by atoms with Crippen LogP contribution in [-0.4, -0.2) is 33.2 Å². The molecule has 0 radical (unpaired) electrons. The number of carboxylic acid groups (broad SMARTS) is 2. The van der Waals surface area contributed by atoms with Crippen molar-refractivity contribution in [1.82, 2.24) is 0 Å². The molecule has 0 bridgehead atoms. The summed E-state index contributed by atoms with van der Waals surface area (Å²) in [5.41, 5.74) is -1.28. The van der Waals surface area contributed by atoms with Gasteiger partial charge in [-0.1, -0.05) is 24.3 Å². The summed E-state index contributed by atoms with van der Waals surface area (Å²) in [4.78, 5) is 21.1. The van der Waals surface area contributed by atoms with E-state index in [1.54, 1.807) is 24.3 Å². The van der Waals surface area contributed by atoms with Crippen LogP contribution in [0.25, 0.3) is 0 Å². The van der Waals surface area contributed by atoms with Crippen molar-refractivity contribution in [2.24, 2.45) is 10.2 Å². The maximum absolute atomic E-state index is 10.6. The van der Waals surface area contributed by atoms with E-state index in [1.807, 2.05) is 0 Å². The maximum atomic E-state index is 10.6. The van der Waals surface area contributed by atoms with Crippen molar-refractivity contribution in [3.63, 3.8) is 0 Å². The van der Waals surface area contributed by atoms with Crippen LogP contribution >= 0.6 is 0 Å². The van der Waals surface area contributed by atoms with Crippen LogP contribution in [0.4, 0.5) is 0 Å². The number of carboxylic acids is 2. The summed E-state index contributed by atoms with van der Waals surface area (Å²) < 4.78 is 0. The summed E-state index contributed by atoms with van der Waals surface area (Å²) in [7, 11) is 0. The van der Waals surface area contributed by atoms with Crippen molar-refractivity contribution < 1.29 is 19.8 Å².